The van der Waals surface area contributed by atoms with Gasteiger partial charge < -0.3 is 50.0 Å². The second kappa shape index (κ2) is 7.44. The van der Waals surface area contributed by atoms with Gasteiger partial charge in [0.1, 0.15) is 36.6 Å². The maximum atomic E-state index is 11.7. The van der Waals surface area contributed by atoms with E-state index in [0.717, 1.165) is 0 Å². The van der Waals surface area contributed by atoms with Crippen LogP contribution in [0.15, 0.2) is 0 Å². The van der Waals surface area contributed by atoms with Gasteiger partial charge in [-0.15, -0.1) is 0 Å². The number of ketones is 1. The van der Waals surface area contributed by atoms with E-state index in [-0.39, 0.29) is 0 Å². The Morgan fingerprint density at radius 3 is 1.91 bits per heavy atom. The first kappa shape index (κ1) is 18.6. The molecule has 2 heterocycles. The lowest BCUT2D eigenvalue weighted by atomic mass is 9.99. The van der Waals surface area contributed by atoms with Gasteiger partial charge in [-0.1, -0.05) is 0 Å². The molecule has 23 heavy (non-hydrogen) atoms. The molecule has 134 valence electrons. The van der Waals surface area contributed by atoms with Gasteiger partial charge in [0.05, 0.1) is 13.2 Å². The molecule has 2 aliphatic rings. The fourth-order valence-electron chi connectivity index (χ4n) is 2.37. The molecule has 2 fully saturated rings. The molecule has 0 unspecified atom stereocenters. The average molecular weight is 340 g/mol. The SMILES string of the molecule is O=C1[C@@H](O)[C@@H](O[C@@H]2O[C@@H](CO)[C@H](O)[C@@H](O)[C@@H]2O)O[C@H](CO)[C@H]1O. The lowest BCUT2D eigenvalue weighted by Gasteiger charge is -2.42. The van der Waals surface area contributed by atoms with Crippen LogP contribution in [0.25, 0.3) is 0 Å². The molecule has 0 aromatic rings. The van der Waals surface area contributed by atoms with Gasteiger partial charge in [-0.05, 0) is 0 Å². The van der Waals surface area contributed by atoms with Crippen molar-refractivity contribution >= 4 is 5.78 Å². The number of carbonyl (C=O) groups excluding carboxylic acids is 1. The summed E-state index contributed by atoms with van der Waals surface area (Å²) in [7, 11) is 0. The smallest absolute Gasteiger partial charge is 0.197 e. The van der Waals surface area contributed by atoms with Crippen molar-refractivity contribution in [1.82, 2.24) is 0 Å². The average Bonchev–Trinajstić information content (AvgIpc) is 2.55. The van der Waals surface area contributed by atoms with E-state index in [0.29, 0.717) is 0 Å². The number of aliphatic hydroxyl groups is 7. The van der Waals surface area contributed by atoms with E-state index >= 15 is 0 Å². The largest absolute Gasteiger partial charge is 0.394 e. The van der Waals surface area contributed by atoms with Crippen LogP contribution < -0.4 is 0 Å². The quantitative estimate of drug-likeness (QED) is 0.259. The zero-order valence-electron chi connectivity index (χ0n) is 11.9. The van der Waals surface area contributed by atoms with E-state index in [4.69, 9.17) is 24.4 Å². The highest BCUT2D eigenvalue weighted by molar-refractivity contribution is 5.88. The van der Waals surface area contributed by atoms with Gasteiger partial charge in [0.15, 0.2) is 24.5 Å². The van der Waals surface area contributed by atoms with Gasteiger partial charge >= 0.3 is 0 Å². The van der Waals surface area contributed by atoms with Gasteiger partial charge in [-0.25, -0.2) is 0 Å². The molecule has 2 rings (SSSR count). The number of hydrogen-bond donors (Lipinski definition) is 7. The summed E-state index contributed by atoms with van der Waals surface area (Å²) in [6, 6.07) is 0. The third kappa shape index (κ3) is 3.53. The topological polar surface area (TPSA) is 186 Å². The van der Waals surface area contributed by atoms with Crippen LogP contribution in [0, 0.1) is 0 Å². The Bertz CT molecular complexity index is 416. The third-order valence-electron chi connectivity index (χ3n) is 3.80. The molecule has 2 saturated heterocycles. The highest BCUT2D eigenvalue weighted by Gasteiger charge is 2.49. The van der Waals surface area contributed by atoms with E-state index in [1.54, 1.807) is 0 Å². The molecule has 2 aliphatic heterocycles. The van der Waals surface area contributed by atoms with Crippen LogP contribution in [0.2, 0.25) is 0 Å². The first-order valence-electron chi connectivity index (χ1n) is 6.94. The van der Waals surface area contributed by atoms with Crippen LogP contribution in [0.5, 0.6) is 0 Å². The van der Waals surface area contributed by atoms with Crippen molar-refractivity contribution in [2.75, 3.05) is 13.2 Å². The predicted molar refractivity (Wildman–Crippen MR) is 67.6 cm³/mol. The standard InChI is InChI=1S/C12H20O11/c13-1-3-5(15)7(17)9(19)11(21-3)23-12-10(20)8(18)6(16)4(2-14)22-12/h3-7,9-17,19-20H,1-2H2/t3-,4+,5-,6+,7+,9-,10+,11-,12+/m0/s1. The monoisotopic (exact) mass is 340 g/mol. The second-order valence-corrected chi connectivity index (χ2v) is 5.35. The van der Waals surface area contributed by atoms with Crippen LogP contribution in [-0.2, 0) is 19.0 Å². The number of carbonyl (C=O) groups is 1. The summed E-state index contributed by atoms with van der Waals surface area (Å²) in [5, 5.41) is 66.4. The summed E-state index contributed by atoms with van der Waals surface area (Å²) in [4.78, 5) is 11.7. The highest BCUT2D eigenvalue weighted by atomic mass is 16.8. The minimum Gasteiger partial charge on any atom is -0.394 e. The van der Waals surface area contributed by atoms with E-state index in [9.17, 15) is 30.3 Å². The molecule has 11 heteroatoms. The minimum absolute atomic E-state index is 0.685. The molecule has 11 nitrogen and oxygen atoms in total. The van der Waals surface area contributed by atoms with Crippen molar-refractivity contribution in [2.24, 2.45) is 0 Å². The fraction of sp³-hybridized carbons (Fsp3) is 0.917. The van der Waals surface area contributed by atoms with E-state index < -0.39 is 74.3 Å². The van der Waals surface area contributed by atoms with Crippen LogP contribution in [0.3, 0.4) is 0 Å². The fourth-order valence-corrected chi connectivity index (χ4v) is 2.37. The number of aliphatic hydroxyl groups excluding tert-OH is 7. The molecular formula is C12H20O11. The molecule has 9 atom stereocenters. The molecular weight excluding hydrogens is 320 g/mol. The Hall–Kier alpha value is -0.730. The van der Waals surface area contributed by atoms with E-state index in [1.807, 2.05) is 0 Å². The summed E-state index contributed by atoms with van der Waals surface area (Å²) < 4.78 is 15.2. The van der Waals surface area contributed by atoms with Crippen molar-refractivity contribution in [1.29, 1.82) is 0 Å². The normalized spacial score (nSPS) is 48.5. The summed E-state index contributed by atoms with van der Waals surface area (Å²) in [5.74, 6) is -1.05. The zero-order chi connectivity index (χ0) is 17.3. The maximum absolute atomic E-state index is 11.7. The van der Waals surface area contributed by atoms with Gasteiger partial charge in [0.25, 0.3) is 0 Å². The van der Waals surface area contributed by atoms with Crippen molar-refractivity contribution in [3.05, 3.63) is 0 Å². The van der Waals surface area contributed by atoms with Crippen LogP contribution in [0.4, 0.5) is 0 Å². The molecule has 0 bridgehead atoms. The lowest BCUT2D eigenvalue weighted by Crippen LogP contribution is -2.62. The lowest BCUT2D eigenvalue weighted by molar-refractivity contribution is -0.358. The summed E-state index contributed by atoms with van der Waals surface area (Å²) in [6.45, 7) is -1.41. The molecule has 0 aromatic heterocycles. The van der Waals surface area contributed by atoms with Gasteiger partial charge in [-0.3, -0.25) is 4.79 Å². The molecule has 0 radical (unpaired) electrons. The second-order valence-electron chi connectivity index (χ2n) is 5.35. The molecule has 0 aliphatic carbocycles. The first-order chi connectivity index (χ1) is 10.8. The summed E-state index contributed by atoms with van der Waals surface area (Å²) in [6.07, 6.45) is -14.6. The van der Waals surface area contributed by atoms with Crippen molar-refractivity contribution in [2.45, 2.75) is 55.3 Å². The highest BCUT2D eigenvalue weighted by Crippen LogP contribution is 2.26. The number of rotatable bonds is 4. The van der Waals surface area contributed by atoms with Crippen molar-refractivity contribution < 1.29 is 54.8 Å². The summed E-state index contributed by atoms with van der Waals surface area (Å²) >= 11 is 0. The van der Waals surface area contributed by atoms with Crippen molar-refractivity contribution in [3.8, 4) is 0 Å². The molecule has 7 N–H and O–H groups in total. The maximum Gasteiger partial charge on any atom is 0.197 e. The number of hydrogen-bond acceptors (Lipinski definition) is 11. The van der Waals surface area contributed by atoms with Gasteiger partial charge in [0, 0.05) is 0 Å². The zero-order valence-corrected chi connectivity index (χ0v) is 11.9. The number of ether oxygens (including phenoxy) is 3. The van der Waals surface area contributed by atoms with E-state index in [2.05, 4.69) is 0 Å². The van der Waals surface area contributed by atoms with Crippen LogP contribution >= 0.6 is 0 Å². The van der Waals surface area contributed by atoms with E-state index in [1.165, 1.54) is 0 Å². The van der Waals surface area contributed by atoms with Gasteiger partial charge in [-0.2, -0.15) is 0 Å². The van der Waals surface area contributed by atoms with Crippen LogP contribution in [-0.4, -0.2) is 110 Å². The first-order valence-corrected chi connectivity index (χ1v) is 6.94. The molecule has 0 aromatic carbocycles. The molecule has 0 saturated carbocycles. The Balaban J connectivity index is 2.09. The van der Waals surface area contributed by atoms with Crippen LogP contribution in [0.1, 0.15) is 0 Å². The Kier molecular flexibility index (Phi) is 6.02. The predicted octanol–water partition coefficient (Wildman–Crippen LogP) is -5.19. The molecule has 0 amide bonds. The Morgan fingerprint density at radius 2 is 1.35 bits per heavy atom. The van der Waals surface area contributed by atoms with Gasteiger partial charge in [0.2, 0.25) is 0 Å². The Labute approximate surface area is 130 Å². The minimum atomic E-state index is -1.92. The Morgan fingerprint density at radius 1 is 0.783 bits per heavy atom. The summed E-state index contributed by atoms with van der Waals surface area (Å²) in [5.41, 5.74) is 0. The number of Topliss-reactive ketones (excluding diaryl/α,β-unsaturated/α-hetero) is 1. The van der Waals surface area contributed by atoms with Crippen molar-refractivity contribution in [3.63, 3.8) is 0 Å². The third-order valence-corrected chi connectivity index (χ3v) is 3.80. The molecule has 0 spiro atoms.